The van der Waals surface area contributed by atoms with E-state index in [1.54, 1.807) is 7.05 Å². The van der Waals surface area contributed by atoms with Gasteiger partial charge in [0.15, 0.2) is 6.61 Å². The minimum absolute atomic E-state index is 0.0629. The average Bonchev–Trinajstić information content (AvgIpc) is 2.51. The van der Waals surface area contributed by atoms with Gasteiger partial charge < -0.3 is 15.0 Å². The third-order valence-corrected chi connectivity index (χ3v) is 3.51. The van der Waals surface area contributed by atoms with Gasteiger partial charge in [0.2, 0.25) is 5.91 Å². The van der Waals surface area contributed by atoms with Crippen molar-refractivity contribution in [2.45, 2.75) is 39.5 Å². The van der Waals surface area contributed by atoms with Crippen LogP contribution < -0.4 is 10.1 Å². The highest BCUT2D eigenvalue weighted by Gasteiger charge is 2.20. The van der Waals surface area contributed by atoms with Gasteiger partial charge in [-0.15, -0.1) is 0 Å². The predicted molar refractivity (Wildman–Crippen MR) is 91.6 cm³/mol. The number of nitrogens with one attached hydrogen (secondary N) is 1. The molecule has 0 spiro atoms. The Morgan fingerprint density at radius 1 is 1.22 bits per heavy atom. The minimum atomic E-state index is -0.181. The third-order valence-electron chi connectivity index (χ3n) is 3.51. The van der Waals surface area contributed by atoms with E-state index in [4.69, 9.17) is 4.74 Å². The maximum atomic E-state index is 12.3. The Bertz CT molecular complexity index is 535. The van der Waals surface area contributed by atoms with E-state index in [9.17, 15) is 9.59 Å². The first kappa shape index (κ1) is 19.0. The van der Waals surface area contributed by atoms with Gasteiger partial charge in [-0.05, 0) is 23.5 Å². The lowest BCUT2D eigenvalue weighted by molar-refractivity contribution is -0.137. The summed E-state index contributed by atoms with van der Waals surface area (Å²) >= 11 is 0. The van der Waals surface area contributed by atoms with Crippen LogP contribution in [0.15, 0.2) is 24.3 Å². The molecule has 0 saturated heterocycles. The van der Waals surface area contributed by atoms with Crippen LogP contribution >= 0.6 is 0 Å². The largest absolute Gasteiger partial charge is 0.483 e. The van der Waals surface area contributed by atoms with Crippen LogP contribution in [-0.4, -0.2) is 43.5 Å². The molecule has 1 aromatic carbocycles. The summed E-state index contributed by atoms with van der Waals surface area (Å²) in [7, 11) is 1.56. The second-order valence-electron chi connectivity index (χ2n) is 6.52. The van der Waals surface area contributed by atoms with Crippen molar-refractivity contribution < 1.29 is 14.3 Å². The average molecular weight is 320 g/mol. The summed E-state index contributed by atoms with van der Waals surface area (Å²) in [5.74, 6) is 0.353. The van der Waals surface area contributed by atoms with E-state index in [1.807, 2.05) is 31.2 Å². The Kier molecular flexibility index (Phi) is 7.07. The summed E-state index contributed by atoms with van der Waals surface area (Å²) < 4.78 is 5.75. The molecule has 0 bridgehead atoms. The molecule has 0 radical (unpaired) electrons. The number of ether oxygens (including phenoxy) is 1. The minimum Gasteiger partial charge on any atom is -0.483 e. The number of carbonyl (C=O) groups is 2. The van der Waals surface area contributed by atoms with Crippen molar-refractivity contribution in [3.05, 3.63) is 29.8 Å². The molecule has 5 heteroatoms. The van der Waals surface area contributed by atoms with Gasteiger partial charge in [-0.25, -0.2) is 0 Å². The van der Waals surface area contributed by atoms with Crippen LogP contribution in [0.3, 0.4) is 0 Å². The number of carbonyl (C=O) groups excluding carboxylic acids is 2. The monoisotopic (exact) mass is 320 g/mol. The normalized spacial score (nSPS) is 11.0. The van der Waals surface area contributed by atoms with E-state index in [1.165, 1.54) is 4.90 Å². The molecule has 1 rings (SSSR count). The highest BCUT2D eigenvalue weighted by Crippen LogP contribution is 2.30. The van der Waals surface area contributed by atoms with E-state index in [-0.39, 0.29) is 30.4 Å². The zero-order valence-corrected chi connectivity index (χ0v) is 14.8. The molecule has 0 heterocycles. The lowest BCUT2D eigenvalue weighted by Crippen LogP contribution is -2.42. The van der Waals surface area contributed by atoms with Crippen molar-refractivity contribution >= 4 is 11.8 Å². The van der Waals surface area contributed by atoms with Gasteiger partial charge in [-0.1, -0.05) is 45.9 Å². The Labute approximate surface area is 139 Å². The Morgan fingerprint density at radius 2 is 1.87 bits per heavy atom. The fraction of sp³-hybridized carbons (Fsp3) is 0.556. The number of likely N-dealkylation sites (N-methyl/N-ethyl adjacent to an activating group) is 1. The van der Waals surface area contributed by atoms with Gasteiger partial charge in [0.25, 0.3) is 5.91 Å². The van der Waals surface area contributed by atoms with Crippen molar-refractivity contribution in [1.82, 2.24) is 10.2 Å². The summed E-state index contributed by atoms with van der Waals surface area (Å²) in [5.41, 5.74) is 0.992. The second kappa shape index (κ2) is 8.56. The SMILES string of the molecule is CCCN(CC(=O)NC)C(=O)COc1ccccc1C(C)(C)C. The van der Waals surface area contributed by atoms with Gasteiger partial charge >= 0.3 is 0 Å². The summed E-state index contributed by atoms with van der Waals surface area (Å²) in [6, 6.07) is 7.73. The lowest BCUT2D eigenvalue weighted by Gasteiger charge is -2.24. The van der Waals surface area contributed by atoms with Gasteiger partial charge in [0.05, 0.1) is 6.54 Å². The Morgan fingerprint density at radius 3 is 2.43 bits per heavy atom. The number of amides is 2. The van der Waals surface area contributed by atoms with Crippen molar-refractivity contribution in [2.75, 3.05) is 26.7 Å². The van der Waals surface area contributed by atoms with E-state index in [0.29, 0.717) is 12.3 Å². The first-order valence-electron chi connectivity index (χ1n) is 8.00. The molecule has 128 valence electrons. The number of rotatable bonds is 7. The molecule has 1 aromatic rings. The first-order chi connectivity index (χ1) is 10.8. The summed E-state index contributed by atoms with van der Waals surface area (Å²) in [4.78, 5) is 25.4. The highest BCUT2D eigenvalue weighted by atomic mass is 16.5. The summed E-state index contributed by atoms with van der Waals surface area (Å²) in [6.07, 6.45) is 0.793. The molecule has 5 nitrogen and oxygen atoms in total. The van der Waals surface area contributed by atoms with Crippen LogP contribution in [0, 0.1) is 0 Å². The molecule has 0 aliphatic heterocycles. The van der Waals surface area contributed by atoms with Crippen molar-refractivity contribution in [3.63, 3.8) is 0 Å². The predicted octanol–water partition coefficient (Wildman–Crippen LogP) is 2.35. The lowest BCUT2D eigenvalue weighted by atomic mass is 9.86. The molecule has 0 atom stereocenters. The van der Waals surface area contributed by atoms with Gasteiger partial charge in [-0.2, -0.15) is 0 Å². The number of para-hydroxylation sites is 1. The van der Waals surface area contributed by atoms with E-state index in [2.05, 4.69) is 26.1 Å². The van der Waals surface area contributed by atoms with Gasteiger partial charge in [0.1, 0.15) is 5.75 Å². The van der Waals surface area contributed by atoms with Crippen LogP contribution in [-0.2, 0) is 15.0 Å². The van der Waals surface area contributed by atoms with Crippen LogP contribution in [0.2, 0.25) is 0 Å². The highest BCUT2D eigenvalue weighted by molar-refractivity contribution is 5.85. The molecule has 1 N–H and O–H groups in total. The molecule has 0 aliphatic carbocycles. The first-order valence-corrected chi connectivity index (χ1v) is 8.00. The van der Waals surface area contributed by atoms with Crippen LogP contribution in [0.4, 0.5) is 0 Å². The van der Waals surface area contributed by atoms with Gasteiger partial charge in [-0.3, -0.25) is 9.59 Å². The number of hydrogen-bond acceptors (Lipinski definition) is 3. The van der Waals surface area contributed by atoms with E-state index in [0.717, 1.165) is 12.0 Å². The molecule has 0 saturated carbocycles. The number of benzene rings is 1. The van der Waals surface area contributed by atoms with Crippen molar-refractivity contribution in [1.29, 1.82) is 0 Å². The fourth-order valence-corrected chi connectivity index (χ4v) is 2.26. The molecule has 2 amide bonds. The standard InChI is InChI=1S/C18H28N2O3/c1-6-11-20(12-16(21)19-5)17(22)13-23-15-10-8-7-9-14(15)18(2,3)4/h7-10H,6,11-13H2,1-5H3,(H,19,21). The van der Waals surface area contributed by atoms with Crippen LogP contribution in [0.25, 0.3) is 0 Å². The number of nitrogens with zero attached hydrogens (tertiary/aromatic N) is 1. The van der Waals surface area contributed by atoms with E-state index >= 15 is 0 Å². The quantitative estimate of drug-likeness (QED) is 0.839. The molecule has 23 heavy (non-hydrogen) atoms. The topological polar surface area (TPSA) is 58.6 Å². The number of hydrogen-bond donors (Lipinski definition) is 1. The van der Waals surface area contributed by atoms with Crippen molar-refractivity contribution in [2.24, 2.45) is 0 Å². The van der Waals surface area contributed by atoms with Crippen LogP contribution in [0.1, 0.15) is 39.7 Å². The third kappa shape index (κ3) is 5.93. The molecular weight excluding hydrogens is 292 g/mol. The second-order valence-corrected chi connectivity index (χ2v) is 6.52. The molecule has 0 aromatic heterocycles. The summed E-state index contributed by atoms with van der Waals surface area (Å²) in [6.45, 7) is 8.82. The fourth-order valence-electron chi connectivity index (χ4n) is 2.26. The van der Waals surface area contributed by atoms with E-state index < -0.39 is 0 Å². The molecule has 0 aliphatic rings. The maximum absolute atomic E-state index is 12.3. The molecule has 0 unspecified atom stereocenters. The molecule has 0 fully saturated rings. The molecular formula is C18H28N2O3. The summed E-state index contributed by atoms with van der Waals surface area (Å²) in [5, 5.41) is 2.54. The van der Waals surface area contributed by atoms with Gasteiger partial charge in [0, 0.05) is 13.6 Å². The van der Waals surface area contributed by atoms with Crippen molar-refractivity contribution in [3.8, 4) is 5.75 Å². The van der Waals surface area contributed by atoms with Crippen LogP contribution in [0.5, 0.6) is 5.75 Å². The zero-order chi connectivity index (χ0) is 17.5. The smallest absolute Gasteiger partial charge is 0.260 e. The maximum Gasteiger partial charge on any atom is 0.260 e. The Balaban J connectivity index is 2.76. The zero-order valence-electron chi connectivity index (χ0n) is 14.8. The Hall–Kier alpha value is -2.04.